The highest BCUT2D eigenvalue weighted by molar-refractivity contribution is 7.93. The third kappa shape index (κ3) is 3.13. The average molecular weight is 342 g/mol. The summed E-state index contributed by atoms with van der Waals surface area (Å²) in [7, 11) is 0.581. The number of nitrogens with zero attached hydrogens (tertiary/aromatic N) is 1. The molecule has 0 aliphatic heterocycles. The quantitative estimate of drug-likeness (QED) is 0.838. The maximum absolute atomic E-state index is 12.8. The molecule has 5 nitrogen and oxygen atoms in total. The minimum atomic E-state index is -3.81. The van der Waals surface area contributed by atoms with Crippen LogP contribution < -0.4 is 13.8 Å². The standard InChI is InChI=1S/C15H16ClNO4S/c1-17(12-5-4-6-13(10-12)20-2)22(18,19)15-9-11(16)7-8-14(15)21-3/h4-10H,1-3H3. The molecule has 0 aromatic heterocycles. The molecule has 2 aromatic rings. The van der Waals surface area contributed by atoms with Crippen molar-refractivity contribution in [1.29, 1.82) is 0 Å². The van der Waals surface area contributed by atoms with Gasteiger partial charge in [0.05, 0.1) is 19.9 Å². The summed E-state index contributed by atoms with van der Waals surface area (Å²) in [6, 6.07) is 11.2. The van der Waals surface area contributed by atoms with Crippen LogP contribution in [0.5, 0.6) is 11.5 Å². The summed E-state index contributed by atoms with van der Waals surface area (Å²) >= 11 is 5.92. The van der Waals surface area contributed by atoms with Gasteiger partial charge in [-0.05, 0) is 30.3 Å². The van der Waals surface area contributed by atoms with Crippen molar-refractivity contribution in [2.45, 2.75) is 4.90 Å². The van der Waals surface area contributed by atoms with Gasteiger partial charge in [-0.3, -0.25) is 4.31 Å². The first-order valence-electron chi connectivity index (χ1n) is 6.36. The SMILES string of the molecule is COc1cccc(N(C)S(=O)(=O)c2cc(Cl)ccc2OC)c1. The van der Waals surface area contributed by atoms with Gasteiger partial charge in [-0.15, -0.1) is 0 Å². The molecule has 0 amide bonds. The second kappa shape index (κ2) is 6.46. The Hall–Kier alpha value is -1.92. The van der Waals surface area contributed by atoms with Crippen LogP contribution in [0.15, 0.2) is 47.4 Å². The number of hydrogen-bond donors (Lipinski definition) is 0. The number of sulfonamides is 1. The van der Waals surface area contributed by atoms with Gasteiger partial charge in [0.2, 0.25) is 0 Å². The highest BCUT2D eigenvalue weighted by atomic mass is 35.5. The summed E-state index contributed by atoms with van der Waals surface area (Å²) in [5.41, 5.74) is 0.473. The Labute approximate surface area is 135 Å². The highest BCUT2D eigenvalue weighted by Gasteiger charge is 2.25. The Kier molecular flexibility index (Phi) is 4.83. The van der Waals surface area contributed by atoms with Crippen molar-refractivity contribution < 1.29 is 17.9 Å². The second-order valence-electron chi connectivity index (χ2n) is 4.47. The first-order valence-corrected chi connectivity index (χ1v) is 8.18. The normalized spacial score (nSPS) is 11.1. The molecule has 2 aromatic carbocycles. The van der Waals surface area contributed by atoms with Gasteiger partial charge in [-0.1, -0.05) is 17.7 Å². The topological polar surface area (TPSA) is 55.8 Å². The molecule has 0 aliphatic rings. The Balaban J connectivity index is 2.52. The van der Waals surface area contributed by atoms with E-state index >= 15 is 0 Å². The smallest absolute Gasteiger partial charge is 0.267 e. The Morgan fingerprint density at radius 1 is 1.05 bits per heavy atom. The van der Waals surface area contributed by atoms with Gasteiger partial charge in [0.1, 0.15) is 16.4 Å². The predicted molar refractivity (Wildman–Crippen MR) is 86.6 cm³/mol. The molecule has 7 heteroatoms. The molecule has 0 saturated carbocycles. The number of anilines is 1. The molecular formula is C15H16ClNO4S. The first-order chi connectivity index (χ1) is 10.4. The van der Waals surface area contributed by atoms with E-state index in [1.165, 1.54) is 33.4 Å². The minimum absolute atomic E-state index is 0.00724. The molecular weight excluding hydrogens is 326 g/mol. The molecule has 0 fully saturated rings. The van der Waals surface area contributed by atoms with Gasteiger partial charge in [-0.2, -0.15) is 0 Å². The van der Waals surface area contributed by atoms with Crippen LogP contribution in [-0.4, -0.2) is 29.7 Å². The van der Waals surface area contributed by atoms with Crippen LogP contribution in [0.4, 0.5) is 5.69 Å². The van der Waals surface area contributed by atoms with Crippen LogP contribution in [0.3, 0.4) is 0 Å². The maximum Gasteiger partial charge on any atom is 0.267 e. The maximum atomic E-state index is 12.8. The Morgan fingerprint density at radius 2 is 1.77 bits per heavy atom. The fraction of sp³-hybridized carbons (Fsp3) is 0.200. The summed E-state index contributed by atoms with van der Waals surface area (Å²) in [5.74, 6) is 0.803. The fourth-order valence-electron chi connectivity index (χ4n) is 1.94. The van der Waals surface area contributed by atoms with Crippen molar-refractivity contribution in [1.82, 2.24) is 0 Å². The zero-order chi connectivity index (χ0) is 16.3. The number of hydrogen-bond acceptors (Lipinski definition) is 4. The first kappa shape index (κ1) is 16.5. The third-order valence-electron chi connectivity index (χ3n) is 3.18. The summed E-state index contributed by atoms with van der Waals surface area (Å²) in [6.07, 6.45) is 0. The van der Waals surface area contributed by atoms with Crippen molar-refractivity contribution in [2.75, 3.05) is 25.6 Å². The Bertz CT molecular complexity index is 777. The number of rotatable bonds is 5. The summed E-state index contributed by atoms with van der Waals surface area (Å²) in [6.45, 7) is 0. The zero-order valence-electron chi connectivity index (χ0n) is 12.4. The van der Waals surface area contributed by atoms with Gasteiger partial charge in [-0.25, -0.2) is 8.42 Å². The second-order valence-corrected chi connectivity index (χ2v) is 6.84. The number of methoxy groups -OCH3 is 2. The fourth-order valence-corrected chi connectivity index (χ4v) is 3.55. The van der Waals surface area contributed by atoms with Crippen LogP contribution >= 0.6 is 11.6 Å². The molecule has 0 bridgehead atoms. The lowest BCUT2D eigenvalue weighted by Crippen LogP contribution is -2.27. The predicted octanol–water partition coefficient (Wildman–Crippen LogP) is 3.18. The number of ether oxygens (including phenoxy) is 2. The molecule has 118 valence electrons. The van der Waals surface area contributed by atoms with Crippen molar-refractivity contribution in [2.24, 2.45) is 0 Å². The minimum Gasteiger partial charge on any atom is -0.497 e. The van der Waals surface area contributed by atoms with Crippen LogP contribution in [0.2, 0.25) is 5.02 Å². The van der Waals surface area contributed by atoms with Crippen LogP contribution in [0.1, 0.15) is 0 Å². The van der Waals surface area contributed by atoms with E-state index in [0.717, 1.165) is 4.31 Å². The van der Waals surface area contributed by atoms with E-state index in [1.807, 2.05) is 0 Å². The van der Waals surface area contributed by atoms with E-state index in [2.05, 4.69) is 0 Å². The van der Waals surface area contributed by atoms with Crippen LogP contribution in [-0.2, 0) is 10.0 Å². The van der Waals surface area contributed by atoms with E-state index in [4.69, 9.17) is 21.1 Å². The van der Waals surface area contributed by atoms with E-state index in [-0.39, 0.29) is 10.6 Å². The molecule has 0 radical (unpaired) electrons. The lowest BCUT2D eigenvalue weighted by atomic mass is 10.3. The monoisotopic (exact) mass is 341 g/mol. The summed E-state index contributed by atoms with van der Waals surface area (Å²) in [4.78, 5) is 0.00724. The zero-order valence-corrected chi connectivity index (χ0v) is 14.0. The molecule has 0 N–H and O–H groups in total. The van der Waals surface area contributed by atoms with E-state index in [9.17, 15) is 8.42 Å². The summed E-state index contributed by atoms with van der Waals surface area (Å²) < 4.78 is 37.0. The molecule has 22 heavy (non-hydrogen) atoms. The molecule has 0 heterocycles. The lowest BCUT2D eigenvalue weighted by molar-refractivity contribution is 0.402. The van der Waals surface area contributed by atoms with Crippen LogP contribution in [0, 0.1) is 0 Å². The molecule has 0 saturated heterocycles. The summed E-state index contributed by atoms with van der Waals surface area (Å²) in [5, 5.41) is 0.318. The molecule has 0 spiro atoms. The van der Waals surface area contributed by atoms with Gasteiger partial charge < -0.3 is 9.47 Å². The van der Waals surface area contributed by atoms with E-state index < -0.39 is 10.0 Å². The lowest BCUT2D eigenvalue weighted by Gasteiger charge is -2.21. The molecule has 0 atom stereocenters. The van der Waals surface area contributed by atoms with E-state index in [1.54, 1.807) is 30.3 Å². The number of halogens is 1. The van der Waals surface area contributed by atoms with Crippen molar-refractivity contribution >= 4 is 27.3 Å². The van der Waals surface area contributed by atoms with Gasteiger partial charge >= 0.3 is 0 Å². The van der Waals surface area contributed by atoms with Crippen molar-refractivity contribution in [3.05, 3.63) is 47.5 Å². The molecule has 0 unspecified atom stereocenters. The van der Waals surface area contributed by atoms with Gasteiger partial charge in [0, 0.05) is 18.1 Å². The third-order valence-corrected chi connectivity index (χ3v) is 5.22. The largest absolute Gasteiger partial charge is 0.497 e. The van der Waals surface area contributed by atoms with Crippen LogP contribution in [0.25, 0.3) is 0 Å². The van der Waals surface area contributed by atoms with E-state index in [0.29, 0.717) is 16.5 Å². The molecule has 2 rings (SSSR count). The van der Waals surface area contributed by atoms with Crippen molar-refractivity contribution in [3.8, 4) is 11.5 Å². The highest BCUT2D eigenvalue weighted by Crippen LogP contribution is 2.32. The molecule has 0 aliphatic carbocycles. The Morgan fingerprint density at radius 3 is 2.41 bits per heavy atom. The number of benzene rings is 2. The van der Waals surface area contributed by atoms with Gasteiger partial charge in [0.25, 0.3) is 10.0 Å². The average Bonchev–Trinajstić information content (AvgIpc) is 2.54. The van der Waals surface area contributed by atoms with Gasteiger partial charge in [0.15, 0.2) is 0 Å². The van der Waals surface area contributed by atoms with Crippen molar-refractivity contribution in [3.63, 3.8) is 0 Å².